The van der Waals surface area contributed by atoms with Crippen LogP contribution >= 0.6 is 0 Å². The molecule has 1 aliphatic heterocycles. The smallest absolute Gasteiger partial charge is 0.305 e. The molecule has 0 spiro atoms. The van der Waals surface area contributed by atoms with Gasteiger partial charge in [0, 0.05) is 19.1 Å². The molecule has 21 heavy (non-hydrogen) atoms. The zero-order valence-electron chi connectivity index (χ0n) is 11.9. The number of benzene rings is 1. The number of rotatable bonds is 5. The monoisotopic (exact) mass is 294 g/mol. The fourth-order valence-corrected chi connectivity index (χ4v) is 2.73. The van der Waals surface area contributed by atoms with E-state index < -0.39 is 12.0 Å². The second-order valence-electron chi connectivity index (χ2n) is 5.29. The summed E-state index contributed by atoms with van der Waals surface area (Å²) >= 11 is 0. The van der Waals surface area contributed by atoms with Gasteiger partial charge in [-0.15, -0.1) is 0 Å². The maximum atomic E-state index is 13.7. The van der Waals surface area contributed by atoms with Crippen LogP contribution in [0, 0.1) is 5.82 Å². The fourth-order valence-electron chi connectivity index (χ4n) is 2.73. The highest BCUT2D eigenvalue weighted by molar-refractivity contribution is 5.86. The lowest BCUT2D eigenvalue weighted by molar-refractivity contribution is -0.143. The van der Waals surface area contributed by atoms with Gasteiger partial charge in [0.2, 0.25) is 5.91 Å². The Morgan fingerprint density at radius 1 is 1.52 bits per heavy atom. The first kappa shape index (κ1) is 15.4. The Hall–Kier alpha value is -1.95. The fraction of sp³-hybridized carbons (Fsp3) is 0.467. The summed E-state index contributed by atoms with van der Waals surface area (Å²) in [4.78, 5) is 24.6. The van der Waals surface area contributed by atoms with Crippen LogP contribution < -0.4 is 5.32 Å². The zero-order valence-corrected chi connectivity index (χ0v) is 11.9. The minimum atomic E-state index is -1.01. The van der Waals surface area contributed by atoms with Crippen LogP contribution in [0.3, 0.4) is 0 Å². The van der Waals surface area contributed by atoms with Crippen molar-refractivity contribution in [2.45, 2.75) is 31.8 Å². The van der Waals surface area contributed by atoms with E-state index in [1.165, 1.54) is 6.07 Å². The standard InChI is InChI=1S/C15H19FN2O3/c1-10(8-11-4-2-3-5-12(11)16)18-7-6-17-15(21)13(18)9-14(19)20/h2-5,10,13H,6-9H2,1H3,(H,17,21)(H,19,20). The molecule has 1 saturated heterocycles. The van der Waals surface area contributed by atoms with Crippen LogP contribution in [0.1, 0.15) is 18.9 Å². The summed E-state index contributed by atoms with van der Waals surface area (Å²) in [5.41, 5.74) is 0.574. The highest BCUT2D eigenvalue weighted by Gasteiger charge is 2.34. The van der Waals surface area contributed by atoms with Gasteiger partial charge in [-0.25, -0.2) is 4.39 Å². The second kappa shape index (κ2) is 6.67. The topological polar surface area (TPSA) is 69.6 Å². The van der Waals surface area contributed by atoms with Gasteiger partial charge < -0.3 is 10.4 Å². The maximum Gasteiger partial charge on any atom is 0.305 e. The van der Waals surface area contributed by atoms with Crippen LogP contribution in [0.2, 0.25) is 0 Å². The van der Waals surface area contributed by atoms with Crippen molar-refractivity contribution in [1.82, 2.24) is 10.2 Å². The number of hydrogen-bond donors (Lipinski definition) is 2. The molecule has 1 aromatic carbocycles. The van der Waals surface area contributed by atoms with Crippen molar-refractivity contribution in [2.24, 2.45) is 0 Å². The zero-order chi connectivity index (χ0) is 15.4. The Kier molecular flexibility index (Phi) is 4.90. The van der Waals surface area contributed by atoms with E-state index in [9.17, 15) is 14.0 Å². The second-order valence-corrected chi connectivity index (χ2v) is 5.29. The number of carbonyl (C=O) groups excluding carboxylic acids is 1. The van der Waals surface area contributed by atoms with Crippen molar-refractivity contribution >= 4 is 11.9 Å². The number of carbonyl (C=O) groups is 2. The number of aliphatic carboxylic acids is 1. The van der Waals surface area contributed by atoms with E-state index in [2.05, 4.69) is 5.32 Å². The van der Waals surface area contributed by atoms with Crippen LogP contribution in [0.5, 0.6) is 0 Å². The van der Waals surface area contributed by atoms with Gasteiger partial charge >= 0.3 is 5.97 Å². The summed E-state index contributed by atoms with van der Waals surface area (Å²) in [5, 5.41) is 11.6. The predicted molar refractivity (Wildman–Crippen MR) is 75.3 cm³/mol. The Bertz CT molecular complexity index is 535. The molecule has 0 bridgehead atoms. The van der Waals surface area contributed by atoms with Gasteiger partial charge in [0.15, 0.2) is 0 Å². The van der Waals surface area contributed by atoms with E-state index in [-0.39, 0.29) is 24.2 Å². The molecule has 1 aliphatic rings. The van der Waals surface area contributed by atoms with Gasteiger partial charge in [-0.3, -0.25) is 14.5 Å². The number of halogens is 1. The maximum absolute atomic E-state index is 13.7. The van der Waals surface area contributed by atoms with Gasteiger partial charge in [0.25, 0.3) is 0 Å². The first-order valence-corrected chi connectivity index (χ1v) is 6.97. The lowest BCUT2D eigenvalue weighted by atomic mass is 10.0. The third-order valence-corrected chi connectivity index (χ3v) is 3.78. The average Bonchev–Trinajstić information content (AvgIpc) is 2.43. The van der Waals surface area contributed by atoms with E-state index >= 15 is 0 Å². The van der Waals surface area contributed by atoms with E-state index in [4.69, 9.17) is 5.11 Å². The normalized spacial score (nSPS) is 20.9. The number of carboxylic acid groups (broad SMARTS) is 1. The van der Waals surface area contributed by atoms with Crippen molar-refractivity contribution in [2.75, 3.05) is 13.1 Å². The summed E-state index contributed by atoms with van der Waals surface area (Å²) < 4.78 is 13.7. The van der Waals surface area contributed by atoms with Crippen molar-refractivity contribution < 1.29 is 19.1 Å². The Morgan fingerprint density at radius 2 is 2.24 bits per heavy atom. The molecular weight excluding hydrogens is 275 g/mol. The van der Waals surface area contributed by atoms with Crippen LogP contribution in [-0.4, -0.2) is 47.1 Å². The van der Waals surface area contributed by atoms with Crippen LogP contribution in [0.25, 0.3) is 0 Å². The molecule has 2 N–H and O–H groups in total. The average molecular weight is 294 g/mol. The number of carboxylic acids is 1. The quantitative estimate of drug-likeness (QED) is 0.851. The number of amides is 1. The number of piperazine rings is 1. The molecule has 1 aromatic rings. The summed E-state index contributed by atoms with van der Waals surface area (Å²) in [6.45, 7) is 2.94. The van der Waals surface area contributed by atoms with Crippen molar-refractivity contribution in [3.05, 3.63) is 35.6 Å². The van der Waals surface area contributed by atoms with Crippen LogP contribution in [0.4, 0.5) is 4.39 Å². The number of nitrogens with zero attached hydrogens (tertiary/aromatic N) is 1. The third kappa shape index (κ3) is 3.78. The Balaban J connectivity index is 2.11. The van der Waals surface area contributed by atoms with Crippen LogP contribution in [-0.2, 0) is 16.0 Å². The highest BCUT2D eigenvalue weighted by atomic mass is 19.1. The minimum Gasteiger partial charge on any atom is -0.481 e. The van der Waals surface area contributed by atoms with Crippen molar-refractivity contribution in [1.29, 1.82) is 0 Å². The molecule has 0 aliphatic carbocycles. The van der Waals surface area contributed by atoms with Crippen molar-refractivity contribution in [3.8, 4) is 0 Å². The minimum absolute atomic E-state index is 0.114. The third-order valence-electron chi connectivity index (χ3n) is 3.78. The van der Waals surface area contributed by atoms with Gasteiger partial charge in [-0.1, -0.05) is 18.2 Å². The molecule has 0 aromatic heterocycles. The van der Waals surface area contributed by atoms with E-state index in [1.54, 1.807) is 18.2 Å². The van der Waals surface area contributed by atoms with Gasteiger partial charge in [0.1, 0.15) is 5.82 Å². The molecule has 2 atom stereocenters. The van der Waals surface area contributed by atoms with E-state index in [0.29, 0.717) is 25.1 Å². The SMILES string of the molecule is CC(Cc1ccccc1F)N1CCNC(=O)C1CC(=O)O. The first-order valence-electron chi connectivity index (χ1n) is 6.97. The number of hydrogen-bond acceptors (Lipinski definition) is 3. The first-order chi connectivity index (χ1) is 9.99. The molecule has 0 saturated carbocycles. The molecule has 1 heterocycles. The van der Waals surface area contributed by atoms with Gasteiger partial charge in [0.05, 0.1) is 12.5 Å². The summed E-state index contributed by atoms with van der Waals surface area (Å²) in [6, 6.07) is 5.70. The van der Waals surface area contributed by atoms with Gasteiger partial charge in [-0.05, 0) is 25.0 Å². The lowest BCUT2D eigenvalue weighted by Gasteiger charge is -2.38. The molecular formula is C15H19FN2O3. The lowest BCUT2D eigenvalue weighted by Crippen LogP contribution is -2.58. The Labute approximate surface area is 122 Å². The summed E-state index contributed by atoms with van der Waals surface area (Å²) in [6.07, 6.45) is 0.198. The molecule has 5 nitrogen and oxygen atoms in total. The van der Waals surface area contributed by atoms with E-state index in [1.807, 2.05) is 11.8 Å². The summed E-state index contributed by atoms with van der Waals surface area (Å²) in [5.74, 6) is -1.57. The molecule has 1 fully saturated rings. The predicted octanol–water partition coefficient (Wildman–Crippen LogP) is 1.03. The molecule has 114 valence electrons. The highest BCUT2D eigenvalue weighted by Crippen LogP contribution is 2.18. The van der Waals surface area contributed by atoms with Crippen LogP contribution in [0.15, 0.2) is 24.3 Å². The molecule has 2 unspecified atom stereocenters. The number of nitrogens with one attached hydrogen (secondary N) is 1. The Morgan fingerprint density at radius 3 is 2.90 bits per heavy atom. The molecule has 1 amide bonds. The van der Waals surface area contributed by atoms with Gasteiger partial charge in [-0.2, -0.15) is 0 Å². The van der Waals surface area contributed by atoms with E-state index in [0.717, 1.165) is 0 Å². The molecule has 0 radical (unpaired) electrons. The van der Waals surface area contributed by atoms with Crippen molar-refractivity contribution in [3.63, 3.8) is 0 Å². The molecule has 2 rings (SSSR count). The molecule has 6 heteroatoms. The largest absolute Gasteiger partial charge is 0.481 e. The summed E-state index contributed by atoms with van der Waals surface area (Å²) in [7, 11) is 0.